The summed E-state index contributed by atoms with van der Waals surface area (Å²) in [6.45, 7) is 3.07. The fraction of sp³-hybridized carbons (Fsp3) is 0.538. The van der Waals surface area contributed by atoms with E-state index in [1.54, 1.807) is 0 Å². The number of nitrogens with one attached hydrogen (secondary N) is 1. The first-order chi connectivity index (χ1) is 9.90. The van der Waals surface area contributed by atoms with Crippen LogP contribution in [0.5, 0.6) is 0 Å². The lowest BCUT2D eigenvalue weighted by molar-refractivity contribution is -0.384. The third-order valence-electron chi connectivity index (χ3n) is 3.90. The lowest BCUT2D eigenvalue weighted by atomic mass is 10.1. The van der Waals surface area contributed by atoms with Gasteiger partial charge in [0.2, 0.25) is 10.0 Å². The fourth-order valence-electron chi connectivity index (χ4n) is 2.53. The van der Waals surface area contributed by atoms with E-state index < -0.39 is 14.9 Å². The Labute approximate surface area is 124 Å². The average molecular weight is 313 g/mol. The first kappa shape index (κ1) is 15.7. The molecule has 0 saturated carbocycles. The van der Waals surface area contributed by atoms with Gasteiger partial charge in [0.25, 0.3) is 5.69 Å². The molecule has 1 heterocycles. The van der Waals surface area contributed by atoms with Crippen molar-refractivity contribution >= 4 is 21.4 Å². The van der Waals surface area contributed by atoms with Crippen molar-refractivity contribution < 1.29 is 13.3 Å². The molecule has 1 N–H and O–H groups in total. The van der Waals surface area contributed by atoms with Gasteiger partial charge in [0.15, 0.2) is 0 Å². The maximum Gasteiger partial charge on any atom is 0.292 e. The Hall–Kier alpha value is -1.67. The second kappa shape index (κ2) is 5.98. The summed E-state index contributed by atoms with van der Waals surface area (Å²) in [7, 11) is -2.06. The minimum atomic E-state index is -3.59. The molecule has 0 radical (unpaired) electrons. The van der Waals surface area contributed by atoms with Crippen LogP contribution in [0.3, 0.4) is 0 Å². The van der Waals surface area contributed by atoms with Gasteiger partial charge in [-0.15, -0.1) is 0 Å². The van der Waals surface area contributed by atoms with Gasteiger partial charge in [0.05, 0.1) is 9.82 Å². The van der Waals surface area contributed by atoms with Crippen LogP contribution in [-0.4, -0.2) is 37.8 Å². The minimum Gasteiger partial charge on any atom is -0.383 e. The Balaban J connectivity index is 2.35. The lowest BCUT2D eigenvalue weighted by Gasteiger charge is -2.17. The highest BCUT2D eigenvalue weighted by Gasteiger charge is 2.32. The van der Waals surface area contributed by atoms with E-state index in [0.717, 1.165) is 12.8 Å². The van der Waals surface area contributed by atoms with E-state index >= 15 is 0 Å². The normalized spacial score (nSPS) is 19.6. The van der Waals surface area contributed by atoms with Crippen molar-refractivity contribution in [2.75, 3.05) is 25.5 Å². The van der Waals surface area contributed by atoms with Crippen LogP contribution in [0.4, 0.5) is 11.4 Å². The van der Waals surface area contributed by atoms with Gasteiger partial charge in [-0.2, -0.15) is 4.31 Å². The van der Waals surface area contributed by atoms with Crippen LogP contribution in [-0.2, 0) is 10.0 Å². The van der Waals surface area contributed by atoms with Crippen molar-refractivity contribution in [3.63, 3.8) is 0 Å². The number of nitro benzene ring substituents is 1. The van der Waals surface area contributed by atoms with E-state index in [9.17, 15) is 18.5 Å². The van der Waals surface area contributed by atoms with Gasteiger partial charge in [-0.05, 0) is 24.5 Å². The molecule has 0 bridgehead atoms. The number of hydrogen-bond donors (Lipinski definition) is 1. The van der Waals surface area contributed by atoms with E-state index in [1.165, 1.54) is 29.6 Å². The Morgan fingerprint density at radius 3 is 2.71 bits per heavy atom. The van der Waals surface area contributed by atoms with Gasteiger partial charge < -0.3 is 5.32 Å². The van der Waals surface area contributed by atoms with Crippen molar-refractivity contribution in [3.8, 4) is 0 Å². The monoisotopic (exact) mass is 313 g/mol. The summed E-state index contributed by atoms with van der Waals surface area (Å²) in [5, 5.41) is 13.6. The van der Waals surface area contributed by atoms with Crippen LogP contribution in [0.2, 0.25) is 0 Å². The summed E-state index contributed by atoms with van der Waals surface area (Å²) in [4.78, 5) is 10.4. The summed E-state index contributed by atoms with van der Waals surface area (Å²) in [6.07, 6.45) is 1.82. The van der Waals surface area contributed by atoms with E-state index in [1.807, 2.05) is 6.92 Å². The van der Waals surface area contributed by atoms with E-state index in [2.05, 4.69) is 5.32 Å². The summed E-state index contributed by atoms with van der Waals surface area (Å²) in [5.74, 6) is 0.390. The number of nitrogens with zero attached hydrogens (tertiary/aromatic N) is 2. The van der Waals surface area contributed by atoms with Crippen LogP contribution < -0.4 is 5.32 Å². The molecule has 0 spiro atoms. The van der Waals surface area contributed by atoms with Crippen LogP contribution in [0, 0.1) is 16.0 Å². The summed E-state index contributed by atoms with van der Waals surface area (Å²) in [5.41, 5.74) is 0.0663. The van der Waals surface area contributed by atoms with E-state index in [4.69, 9.17) is 0 Å². The molecule has 1 aliphatic rings. The molecule has 1 atom stereocenters. The number of nitro groups is 1. The third-order valence-corrected chi connectivity index (χ3v) is 5.76. The van der Waals surface area contributed by atoms with Crippen molar-refractivity contribution in [1.29, 1.82) is 0 Å². The first-order valence-electron chi connectivity index (χ1n) is 6.86. The van der Waals surface area contributed by atoms with Crippen molar-refractivity contribution in [2.24, 2.45) is 5.92 Å². The number of sulfonamides is 1. The summed E-state index contributed by atoms with van der Waals surface area (Å²) >= 11 is 0. The molecule has 2 rings (SSSR count). The zero-order chi connectivity index (χ0) is 15.6. The summed E-state index contributed by atoms with van der Waals surface area (Å²) < 4.78 is 26.6. The molecule has 1 aromatic rings. The maximum atomic E-state index is 12.6. The van der Waals surface area contributed by atoms with Crippen molar-refractivity contribution in [3.05, 3.63) is 28.3 Å². The molecule has 1 saturated heterocycles. The molecule has 1 aromatic carbocycles. The van der Waals surface area contributed by atoms with Gasteiger partial charge in [-0.25, -0.2) is 8.42 Å². The highest BCUT2D eigenvalue weighted by Crippen LogP contribution is 2.31. The van der Waals surface area contributed by atoms with Crippen LogP contribution >= 0.6 is 0 Å². The molecule has 0 aliphatic carbocycles. The van der Waals surface area contributed by atoms with Gasteiger partial charge in [0.1, 0.15) is 5.69 Å². The van der Waals surface area contributed by atoms with Gasteiger partial charge in [-0.1, -0.05) is 13.3 Å². The number of rotatable bonds is 5. The van der Waals surface area contributed by atoms with Crippen molar-refractivity contribution in [1.82, 2.24) is 4.31 Å². The number of anilines is 1. The smallest absolute Gasteiger partial charge is 0.292 e. The van der Waals surface area contributed by atoms with Crippen LogP contribution in [0.25, 0.3) is 0 Å². The topological polar surface area (TPSA) is 92.5 Å². The molecular formula is C13H19N3O4S. The van der Waals surface area contributed by atoms with Crippen LogP contribution in [0.1, 0.15) is 19.8 Å². The second-order valence-corrected chi connectivity index (χ2v) is 7.05. The average Bonchev–Trinajstić information content (AvgIpc) is 2.96. The molecule has 21 heavy (non-hydrogen) atoms. The predicted molar refractivity (Wildman–Crippen MR) is 79.8 cm³/mol. The van der Waals surface area contributed by atoms with Gasteiger partial charge in [-0.3, -0.25) is 10.1 Å². The van der Waals surface area contributed by atoms with Gasteiger partial charge >= 0.3 is 0 Å². The number of benzene rings is 1. The summed E-state index contributed by atoms with van der Waals surface area (Å²) in [6, 6.07) is 3.85. The van der Waals surface area contributed by atoms with Gasteiger partial charge in [0, 0.05) is 26.2 Å². The molecule has 116 valence electrons. The third kappa shape index (κ3) is 3.01. The lowest BCUT2D eigenvalue weighted by Crippen LogP contribution is -2.28. The molecule has 1 unspecified atom stereocenters. The predicted octanol–water partition coefficient (Wildman–Crippen LogP) is 2.06. The Morgan fingerprint density at radius 2 is 2.19 bits per heavy atom. The Bertz CT molecular complexity index is 645. The van der Waals surface area contributed by atoms with E-state index in [-0.39, 0.29) is 16.3 Å². The molecule has 1 aliphatic heterocycles. The molecule has 8 heteroatoms. The SMILES string of the molecule is CCC1CCN(S(=O)(=O)c2ccc([N+](=O)[O-])c(NC)c2)C1. The highest BCUT2D eigenvalue weighted by atomic mass is 32.2. The standard InChI is InChI=1S/C13H19N3O4S/c1-3-10-6-7-15(9-10)21(19,20)11-4-5-13(16(17)18)12(8-11)14-2/h4-5,8,10,14H,3,6-7,9H2,1-2H3. The Morgan fingerprint density at radius 1 is 1.48 bits per heavy atom. The molecule has 0 amide bonds. The maximum absolute atomic E-state index is 12.6. The minimum absolute atomic E-state index is 0.0919. The molecular weight excluding hydrogens is 294 g/mol. The van der Waals surface area contributed by atoms with Crippen molar-refractivity contribution in [2.45, 2.75) is 24.7 Å². The zero-order valence-corrected chi connectivity index (χ0v) is 12.9. The first-order valence-corrected chi connectivity index (χ1v) is 8.30. The van der Waals surface area contributed by atoms with E-state index in [0.29, 0.717) is 19.0 Å². The number of hydrogen-bond acceptors (Lipinski definition) is 5. The molecule has 1 fully saturated rings. The zero-order valence-electron chi connectivity index (χ0n) is 12.1. The largest absolute Gasteiger partial charge is 0.383 e. The molecule has 0 aromatic heterocycles. The second-order valence-electron chi connectivity index (χ2n) is 5.11. The van der Waals surface area contributed by atoms with Crippen LogP contribution in [0.15, 0.2) is 23.1 Å². The Kier molecular flexibility index (Phi) is 4.48. The molecule has 7 nitrogen and oxygen atoms in total. The quantitative estimate of drug-likeness (QED) is 0.663. The highest BCUT2D eigenvalue weighted by molar-refractivity contribution is 7.89. The fourth-order valence-corrected chi connectivity index (χ4v) is 4.09.